The molecule has 0 aliphatic rings. The van der Waals surface area contributed by atoms with E-state index in [0.29, 0.717) is 11.3 Å². The smallest absolute Gasteiger partial charge is 0.243 e. The fraction of sp³-hybridized carbons (Fsp3) is 0.211. The Morgan fingerprint density at radius 2 is 1.66 bits per heavy atom. The third-order valence-electron chi connectivity index (χ3n) is 3.86. The number of benzene rings is 2. The van der Waals surface area contributed by atoms with Crippen molar-refractivity contribution in [1.29, 1.82) is 0 Å². The Balaban J connectivity index is 1.96. The van der Waals surface area contributed by atoms with Crippen molar-refractivity contribution in [3.8, 4) is 0 Å². The van der Waals surface area contributed by atoms with Crippen LogP contribution in [0.4, 0.5) is 5.69 Å². The second kappa shape index (κ2) is 9.79. The third-order valence-corrected chi connectivity index (χ3v) is 7.00. The fourth-order valence-corrected chi connectivity index (χ4v) is 4.65. The number of carbonyl (C=O) groups is 1. The fourth-order valence-electron chi connectivity index (χ4n) is 2.40. The van der Waals surface area contributed by atoms with Crippen LogP contribution in [0.15, 0.2) is 72.1 Å². The molecule has 2 aromatic rings. The Bertz CT molecular complexity index is 1050. The molecule has 2 N–H and O–H groups in total. The van der Waals surface area contributed by atoms with E-state index in [1.807, 2.05) is 0 Å². The van der Waals surface area contributed by atoms with Crippen LogP contribution in [0.25, 0.3) is 0 Å². The van der Waals surface area contributed by atoms with Crippen LogP contribution in [-0.2, 0) is 30.6 Å². The standard InChI is InChI=1S/C19H23N3O5S2/c1-3-13-20-28(24,25)15-16-9-11-17(12-10-16)21-19(23)14-22(2)29(26,27)18-7-5-4-6-8-18/h3-12,20H,1,13-15H2,2H3,(H,21,23). The summed E-state index contributed by atoms with van der Waals surface area (Å²) in [7, 11) is -5.92. The second-order valence-corrected chi connectivity index (χ2v) is 10.1. The van der Waals surface area contributed by atoms with Crippen LogP contribution in [0.5, 0.6) is 0 Å². The van der Waals surface area contributed by atoms with E-state index in [0.717, 1.165) is 4.31 Å². The molecule has 0 spiro atoms. The van der Waals surface area contributed by atoms with Gasteiger partial charge in [-0.3, -0.25) is 4.79 Å². The van der Waals surface area contributed by atoms with Crippen LogP contribution in [0.3, 0.4) is 0 Å². The Morgan fingerprint density at radius 1 is 1.03 bits per heavy atom. The summed E-state index contributed by atoms with van der Waals surface area (Å²) in [6, 6.07) is 14.1. The minimum atomic E-state index is -3.77. The first-order valence-electron chi connectivity index (χ1n) is 8.62. The molecule has 10 heteroatoms. The molecule has 0 fully saturated rings. The van der Waals surface area contributed by atoms with Crippen molar-refractivity contribution in [3.63, 3.8) is 0 Å². The number of sulfonamides is 2. The van der Waals surface area contributed by atoms with Crippen molar-refractivity contribution in [1.82, 2.24) is 9.03 Å². The topological polar surface area (TPSA) is 113 Å². The first-order chi connectivity index (χ1) is 13.6. The number of nitrogens with one attached hydrogen (secondary N) is 2. The number of hydrogen-bond donors (Lipinski definition) is 2. The van der Waals surface area contributed by atoms with Crippen molar-refractivity contribution in [2.24, 2.45) is 0 Å². The van der Waals surface area contributed by atoms with Gasteiger partial charge in [-0.2, -0.15) is 4.31 Å². The molecule has 2 aromatic carbocycles. The molecule has 156 valence electrons. The van der Waals surface area contributed by atoms with Gasteiger partial charge in [0.15, 0.2) is 0 Å². The number of hydrogen-bond acceptors (Lipinski definition) is 5. The maximum Gasteiger partial charge on any atom is 0.243 e. The summed E-state index contributed by atoms with van der Waals surface area (Å²) in [5.41, 5.74) is 0.976. The lowest BCUT2D eigenvalue weighted by atomic mass is 10.2. The van der Waals surface area contributed by atoms with Gasteiger partial charge in [0, 0.05) is 19.3 Å². The highest BCUT2D eigenvalue weighted by Gasteiger charge is 2.22. The highest BCUT2D eigenvalue weighted by atomic mass is 32.2. The molecule has 0 aromatic heterocycles. The number of anilines is 1. The number of rotatable bonds is 10. The summed E-state index contributed by atoms with van der Waals surface area (Å²) < 4.78 is 52.0. The lowest BCUT2D eigenvalue weighted by Gasteiger charge is -2.17. The van der Waals surface area contributed by atoms with E-state index in [4.69, 9.17) is 0 Å². The first-order valence-corrected chi connectivity index (χ1v) is 11.7. The molecule has 0 aliphatic heterocycles. The average Bonchev–Trinajstić information content (AvgIpc) is 2.68. The van der Waals surface area contributed by atoms with E-state index in [2.05, 4.69) is 16.6 Å². The zero-order chi connectivity index (χ0) is 21.5. The lowest BCUT2D eigenvalue weighted by Crippen LogP contribution is -2.34. The van der Waals surface area contributed by atoms with Gasteiger partial charge in [-0.05, 0) is 29.8 Å². The molecule has 0 bridgehead atoms. The molecule has 1 amide bonds. The number of amides is 1. The second-order valence-electron chi connectivity index (χ2n) is 6.22. The van der Waals surface area contributed by atoms with E-state index in [1.54, 1.807) is 42.5 Å². The number of likely N-dealkylation sites (N-methyl/N-ethyl adjacent to an activating group) is 1. The van der Waals surface area contributed by atoms with Gasteiger partial charge in [-0.15, -0.1) is 6.58 Å². The first kappa shape index (κ1) is 22.8. The largest absolute Gasteiger partial charge is 0.325 e. The Hall–Kier alpha value is -2.53. The Kier molecular flexibility index (Phi) is 7.68. The minimum Gasteiger partial charge on any atom is -0.325 e. The Labute approximate surface area is 171 Å². The molecule has 0 aliphatic carbocycles. The lowest BCUT2D eigenvalue weighted by molar-refractivity contribution is -0.116. The molecule has 0 radical (unpaired) electrons. The quantitative estimate of drug-likeness (QED) is 0.548. The van der Waals surface area contributed by atoms with Gasteiger partial charge in [-0.1, -0.05) is 36.4 Å². The third kappa shape index (κ3) is 6.79. The summed E-state index contributed by atoms with van der Waals surface area (Å²) in [6.45, 7) is 3.24. The summed E-state index contributed by atoms with van der Waals surface area (Å²) in [5, 5.41) is 2.60. The minimum absolute atomic E-state index is 0.103. The van der Waals surface area contributed by atoms with E-state index in [1.165, 1.54) is 25.3 Å². The maximum absolute atomic E-state index is 12.4. The van der Waals surface area contributed by atoms with Gasteiger partial charge in [0.05, 0.1) is 17.2 Å². The Morgan fingerprint density at radius 3 is 2.24 bits per heavy atom. The summed E-state index contributed by atoms with van der Waals surface area (Å²) in [5.74, 6) is -0.715. The predicted molar refractivity (Wildman–Crippen MR) is 112 cm³/mol. The molecule has 0 heterocycles. The predicted octanol–water partition coefficient (Wildman–Crippen LogP) is 1.55. The molecule has 29 heavy (non-hydrogen) atoms. The van der Waals surface area contributed by atoms with Crippen LogP contribution < -0.4 is 10.0 Å². The van der Waals surface area contributed by atoms with Crippen LogP contribution in [0, 0.1) is 0 Å². The number of nitrogens with zero attached hydrogens (tertiary/aromatic N) is 1. The molecule has 0 atom stereocenters. The zero-order valence-corrected chi connectivity index (χ0v) is 17.5. The zero-order valence-electron chi connectivity index (χ0n) is 15.9. The summed E-state index contributed by atoms with van der Waals surface area (Å²) in [6.07, 6.45) is 1.45. The van der Waals surface area contributed by atoms with Gasteiger partial charge in [0.1, 0.15) is 0 Å². The molecule has 0 saturated carbocycles. The van der Waals surface area contributed by atoms with Crippen LogP contribution >= 0.6 is 0 Å². The van der Waals surface area contributed by atoms with Crippen molar-refractivity contribution in [2.75, 3.05) is 25.5 Å². The average molecular weight is 438 g/mol. The maximum atomic E-state index is 12.4. The molecular formula is C19H23N3O5S2. The van der Waals surface area contributed by atoms with Crippen LogP contribution in [0.2, 0.25) is 0 Å². The van der Waals surface area contributed by atoms with Crippen molar-refractivity contribution < 1.29 is 21.6 Å². The summed E-state index contributed by atoms with van der Waals surface area (Å²) in [4.78, 5) is 12.3. The number of carbonyl (C=O) groups excluding carboxylic acids is 1. The molecule has 8 nitrogen and oxygen atoms in total. The van der Waals surface area contributed by atoms with Gasteiger partial charge in [0.25, 0.3) is 0 Å². The van der Waals surface area contributed by atoms with E-state index >= 15 is 0 Å². The highest BCUT2D eigenvalue weighted by Crippen LogP contribution is 2.15. The molecular weight excluding hydrogens is 414 g/mol. The SMILES string of the molecule is C=CCNS(=O)(=O)Cc1ccc(NC(=O)CN(C)S(=O)(=O)c2ccccc2)cc1. The van der Waals surface area contributed by atoms with Gasteiger partial charge < -0.3 is 5.32 Å². The van der Waals surface area contributed by atoms with E-state index in [-0.39, 0.29) is 23.7 Å². The molecule has 0 unspecified atom stereocenters. The van der Waals surface area contributed by atoms with Crippen LogP contribution in [0.1, 0.15) is 5.56 Å². The monoisotopic (exact) mass is 437 g/mol. The van der Waals surface area contributed by atoms with Gasteiger partial charge in [-0.25, -0.2) is 21.6 Å². The normalized spacial score (nSPS) is 11.9. The molecule has 0 saturated heterocycles. The van der Waals surface area contributed by atoms with E-state index < -0.39 is 26.0 Å². The van der Waals surface area contributed by atoms with Crippen molar-refractivity contribution in [3.05, 3.63) is 72.8 Å². The summed E-state index contributed by atoms with van der Waals surface area (Å²) >= 11 is 0. The van der Waals surface area contributed by atoms with Crippen LogP contribution in [-0.4, -0.2) is 47.2 Å². The van der Waals surface area contributed by atoms with E-state index in [9.17, 15) is 21.6 Å². The van der Waals surface area contributed by atoms with Gasteiger partial charge >= 0.3 is 0 Å². The van der Waals surface area contributed by atoms with Gasteiger partial charge in [0.2, 0.25) is 26.0 Å². The molecule has 2 rings (SSSR count). The van der Waals surface area contributed by atoms with Crippen molar-refractivity contribution >= 4 is 31.6 Å². The van der Waals surface area contributed by atoms with Crippen molar-refractivity contribution in [2.45, 2.75) is 10.6 Å². The highest BCUT2D eigenvalue weighted by molar-refractivity contribution is 7.89.